The lowest BCUT2D eigenvalue weighted by Crippen LogP contribution is -2.54. The molecule has 0 bridgehead atoms. The van der Waals surface area contributed by atoms with E-state index in [1.807, 2.05) is 6.92 Å². The van der Waals surface area contributed by atoms with Crippen LogP contribution in [0.2, 0.25) is 0 Å². The van der Waals surface area contributed by atoms with Crippen LogP contribution in [0.1, 0.15) is 44.4 Å². The maximum Gasteiger partial charge on any atom is 0.416 e. The Hall–Kier alpha value is -2.46. The lowest BCUT2D eigenvalue weighted by Gasteiger charge is -2.35. The first-order chi connectivity index (χ1) is 14.5. The Balaban J connectivity index is 1.88. The molecule has 1 fully saturated rings. The van der Waals surface area contributed by atoms with Crippen LogP contribution < -0.4 is 10.9 Å². The van der Waals surface area contributed by atoms with Crippen molar-refractivity contribution in [3.05, 3.63) is 39.8 Å². The summed E-state index contributed by atoms with van der Waals surface area (Å²) in [5, 5.41) is 17.4. The SMILES string of the molecule is CCN1CC[C@@H](NC(=O)Cn2nc(C(C)C)c3cc(C(F)(F)F)ccc3c2=O)[C@H](O)C1. The van der Waals surface area contributed by atoms with Gasteiger partial charge in [0.05, 0.1) is 28.8 Å². The first-order valence-corrected chi connectivity index (χ1v) is 10.3. The fourth-order valence-corrected chi connectivity index (χ4v) is 3.86. The number of aromatic nitrogens is 2. The van der Waals surface area contributed by atoms with E-state index in [0.717, 1.165) is 36.0 Å². The highest BCUT2D eigenvalue weighted by atomic mass is 19.4. The maximum absolute atomic E-state index is 13.1. The highest BCUT2D eigenvalue weighted by Gasteiger charge is 2.32. The second-order valence-electron chi connectivity index (χ2n) is 8.18. The van der Waals surface area contributed by atoms with Crippen molar-refractivity contribution in [3.63, 3.8) is 0 Å². The van der Waals surface area contributed by atoms with E-state index in [9.17, 15) is 27.9 Å². The van der Waals surface area contributed by atoms with Gasteiger partial charge in [0.2, 0.25) is 5.91 Å². The molecule has 2 heterocycles. The zero-order valence-corrected chi connectivity index (χ0v) is 17.7. The number of hydrogen-bond donors (Lipinski definition) is 2. The van der Waals surface area contributed by atoms with Crippen LogP contribution in [0.4, 0.5) is 13.2 Å². The van der Waals surface area contributed by atoms with Crippen LogP contribution in [0, 0.1) is 0 Å². The van der Waals surface area contributed by atoms with Crippen LogP contribution in [0.15, 0.2) is 23.0 Å². The molecule has 1 amide bonds. The third-order valence-corrected chi connectivity index (χ3v) is 5.62. The van der Waals surface area contributed by atoms with Crippen molar-refractivity contribution >= 4 is 16.7 Å². The van der Waals surface area contributed by atoms with E-state index < -0.39 is 35.4 Å². The molecule has 1 saturated heterocycles. The minimum atomic E-state index is -4.54. The highest BCUT2D eigenvalue weighted by Crippen LogP contribution is 2.32. The van der Waals surface area contributed by atoms with Crippen LogP contribution in [-0.4, -0.2) is 57.5 Å². The molecule has 10 heteroatoms. The number of aliphatic hydroxyl groups is 1. The molecule has 0 unspecified atom stereocenters. The number of carbonyl (C=O) groups is 1. The molecule has 2 atom stereocenters. The monoisotopic (exact) mass is 440 g/mol. The number of nitrogens with one attached hydrogen (secondary N) is 1. The number of halogens is 3. The number of β-amino-alcohol motifs (C(OH)–C–C–N with tert-alkyl or cyclic N) is 1. The summed E-state index contributed by atoms with van der Waals surface area (Å²) in [5.41, 5.74) is -1.18. The van der Waals surface area contributed by atoms with Crippen LogP contribution in [0.3, 0.4) is 0 Å². The molecule has 0 saturated carbocycles. The zero-order valence-electron chi connectivity index (χ0n) is 17.7. The number of fused-ring (bicyclic) bond motifs is 1. The average molecular weight is 440 g/mol. The first kappa shape index (κ1) is 23.2. The molecule has 2 N–H and O–H groups in total. The number of benzene rings is 1. The number of rotatable bonds is 5. The highest BCUT2D eigenvalue weighted by molar-refractivity contribution is 5.85. The summed E-state index contributed by atoms with van der Waals surface area (Å²) in [4.78, 5) is 27.4. The predicted octanol–water partition coefficient (Wildman–Crippen LogP) is 2.11. The Morgan fingerprint density at radius 1 is 1.32 bits per heavy atom. The van der Waals surface area contributed by atoms with Gasteiger partial charge in [0.25, 0.3) is 5.56 Å². The van der Waals surface area contributed by atoms with Gasteiger partial charge in [0.1, 0.15) is 6.54 Å². The van der Waals surface area contributed by atoms with Crippen LogP contribution >= 0.6 is 0 Å². The van der Waals surface area contributed by atoms with Crippen molar-refractivity contribution in [2.75, 3.05) is 19.6 Å². The third-order valence-electron chi connectivity index (χ3n) is 5.62. The van der Waals surface area contributed by atoms with E-state index in [1.54, 1.807) is 13.8 Å². The summed E-state index contributed by atoms with van der Waals surface area (Å²) in [6.07, 6.45) is -4.67. The van der Waals surface area contributed by atoms with Crippen molar-refractivity contribution in [2.24, 2.45) is 0 Å². The topological polar surface area (TPSA) is 87.5 Å². The van der Waals surface area contributed by atoms with E-state index in [2.05, 4.69) is 15.3 Å². The second-order valence-corrected chi connectivity index (χ2v) is 8.18. The Morgan fingerprint density at radius 2 is 2.03 bits per heavy atom. The predicted molar refractivity (Wildman–Crippen MR) is 110 cm³/mol. The quantitative estimate of drug-likeness (QED) is 0.744. The normalized spacial score (nSPS) is 20.4. The summed E-state index contributed by atoms with van der Waals surface area (Å²) in [5.74, 6) is -0.745. The minimum absolute atomic E-state index is 0.0794. The van der Waals surface area contributed by atoms with Crippen LogP contribution in [0.5, 0.6) is 0 Å². The lowest BCUT2D eigenvalue weighted by atomic mass is 10.0. The second kappa shape index (κ2) is 8.96. The van der Waals surface area contributed by atoms with Crippen molar-refractivity contribution in [2.45, 2.75) is 58.0 Å². The molecule has 1 aliphatic heterocycles. The summed E-state index contributed by atoms with van der Waals surface area (Å²) in [6.45, 7) is 7.13. The number of piperidine rings is 1. The molecule has 7 nitrogen and oxygen atoms in total. The van der Waals surface area contributed by atoms with Gasteiger partial charge in [-0.05, 0) is 37.1 Å². The van der Waals surface area contributed by atoms with E-state index in [-0.39, 0.29) is 23.2 Å². The van der Waals surface area contributed by atoms with Gasteiger partial charge in [-0.1, -0.05) is 20.8 Å². The van der Waals surface area contributed by atoms with Gasteiger partial charge in [-0.15, -0.1) is 0 Å². The van der Waals surface area contributed by atoms with Crippen molar-refractivity contribution in [1.29, 1.82) is 0 Å². The molecule has 31 heavy (non-hydrogen) atoms. The summed E-state index contributed by atoms with van der Waals surface area (Å²) in [7, 11) is 0. The number of nitrogens with zero attached hydrogens (tertiary/aromatic N) is 3. The fraction of sp³-hybridized carbons (Fsp3) is 0.571. The van der Waals surface area contributed by atoms with Crippen molar-refractivity contribution < 1.29 is 23.1 Å². The van der Waals surface area contributed by atoms with Crippen molar-refractivity contribution in [3.8, 4) is 0 Å². The molecule has 2 aromatic rings. The van der Waals surface area contributed by atoms with Gasteiger partial charge in [-0.3, -0.25) is 9.59 Å². The molecular weight excluding hydrogens is 413 g/mol. The smallest absolute Gasteiger partial charge is 0.390 e. The lowest BCUT2D eigenvalue weighted by molar-refractivity contribution is -0.137. The number of amides is 1. The van der Waals surface area contributed by atoms with E-state index in [1.165, 1.54) is 0 Å². The number of hydrogen-bond acceptors (Lipinski definition) is 5. The number of alkyl halides is 3. The summed E-state index contributed by atoms with van der Waals surface area (Å²) in [6, 6.07) is 2.50. The Bertz CT molecular complexity index is 1020. The largest absolute Gasteiger partial charge is 0.416 e. The molecule has 1 aromatic carbocycles. The molecule has 0 radical (unpaired) electrons. The minimum Gasteiger partial charge on any atom is -0.390 e. The number of likely N-dealkylation sites (tertiary alicyclic amines) is 1. The van der Waals surface area contributed by atoms with Gasteiger partial charge >= 0.3 is 6.18 Å². The Labute approximate surface area is 177 Å². The van der Waals surface area contributed by atoms with Gasteiger partial charge in [-0.25, -0.2) is 4.68 Å². The Kier molecular flexibility index (Phi) is 6.70. The first-order valence-electron chi connectivity index (χ1n) is 10.3. The maximum atomic E-state index is 13.1. The average Bonchev–Trinajstić information content (AvgIpc) is 2.70. The number of aliphatic hydroxyl groups excluding tert-OH is 1. The van der Waals surface area contributed by atoms with Gasteiger partial charge < -0.3 is 15.3 Å². The Morgan fingerprint density at radius 3 is 2.61 bits per heavy atom. The van der Waals surface area contributed by atoms with E-state index >= 15 is 0 Å². The fourth-order valence-electron chi connectivity index (χ4n) is 3.86. The number of carbonyl (C=O) groups excluding carboxylic acids is 1. The van der Waals surface area contributed by atoms with Gasteiger partial charge in [0.15, 0.2) is 0 Å². The van der Waals surface area contributed by atoms with Crippen LogP contribution in [-0.2, 0) is 17.5 Å². The molecule has 0 aliphatic carbocycles. The summed E-state index contributed by atoms with van der Waals surface area (Å²) < 4.78 is 40.3. The van der Waals surface area contributed by atoms with Gasteiger partial charge in [-0.2, -0.15) is 18.3 Å². The molecular formula is C21H27F3N4O3. The molecule has 0 spiro atoms. The molecule has 170 valence electrons. The van der Waals surface area contributed by atoms with E-state index in [4.69, 9.17) is 0 Å². The molecule has 1 aromatic heterocycles. The number of likely N-dealkylation sites (N-methyl/N-ethyl adjacent to an activating group) is 1. The van der Waals surface area contributed by atoms with Crippen LogP contribution in [0.25, 0.3) is 10.8 Å². The zero-order chi connectivity index (χ0) is 22.9. The molecule has 3 rings (SSSR count). The third kappa shape index (κ3) is 5.07. The summed E-state index contributed by atoms with van der Waals surface area (Å²) >= 11 is 0. The molecule has 1 aliphatic rings. The van der Waals surface area contributed by atoms with Gasteiger partial charge in [0, 0.05) is 18.5 Å². The standard InChI is InChI=1S/C21H27F3N4O3/c1-4-27-8-7-16(17(29)10-27)25-18(30)11-28-20(31)14-6-5-13(21(22,23)24)9-15(14)19(26-28)12(2)3/h5-6,9,12,16-17,29H,4,7-8,10-11H2,1-3H3,(H,25,30)/t16-,17-/m1/s1. The van der Waals surface area contributed by atoms with Crippen molar-refractivity contribution in [1.82, 2.24) is 20.0 Å². The van der Waals surface area contributed by atoms with E-state index in [0.29, 0.717) is 18.7 Å².